The van der Waals surface area contributed by atoms with Gasteiger partial charge in [0.1, 0.15) is 0 Å². The van der Waals surface area contributed by atoms with Gasteiger partial charge in [0.05, 0.1) is 0 Å². The van der Waals surface area contributed by atoms with Crippen molar-refractivity contribution in [2.45, 2.75) is 0 Å². The fourth-order valence-corrected chi connectivity index (χ4v) is 6.92. The second-order valence-electron chi connectivity index (χ2n) is 10.5. The Labute approximate surface area is 220 Å². The van der Waals surface area contributed by atoms with E-state index in [9.17, 15) is 0 Å². The summed E-state index contributed by atoms with van der Waals surface area (Å²) in [5, 5.41) is 10.7. The summed E-state index contributed by atoms with van der Waals surface area (Å²) in [4.78, 5) is 0. The van der Waals surface area contributed by atoms with Crippen LogP contribution in [0.3, 0.4) is 0 Å². The van der Waals surface area contributed by atoms with E-state index in [1.165, 1.54) is 87.6 Å². The van der Waals surface area contributed by atoms with Crippen molar-refractivity contribution < 1.29 is 0 Å². The maximum absolute atomic E-state index is 2.38. The highest BCUT2D eigenvalue weighted by Gasteiger charge is 2.24. The van der Waals surface area contributed by atoms with Gasteiger partial charge in [0.15, 0.2) is 0 Å². The average molecular weight is 479 g/mol. The molecule has 8 aromatic rings. The van der Waals surface area contributed by atoms with Gasteiger partial charge in [-0.2, -0.15) is 0 Å². The Hall–Kier alpha value is -4.94. The highest BCUT2D eigenvalue weighted by Crippen LogP contribution is 2.51. The summed E-state index contributed by atoms with van der Waals surface area (Å²) < 4.78 is 0. The molecule has 9 rings (SSSR count). The molecule has 38 heavy (non-hydrogen) atoms. The minimum Gasteiger partial charge on any atom is -0.0610 e. The van der Waals surface area contributed by atoms with Gasteiger partial charge in [-0.05, 0) is 93.7 Å². The van der Waals surface area contributed by atoms with Gasteiger partial charge in [0, 0.05) is 0 Å². The van der Waals surface area contributed by atoms with Crippen LogP contribution in [0.2, 0.25) is 0 Å². The van der Waals surface area contributed by atoms with Gasteiger partial charge in [-0.1, -0.05) is 127 Å². The monoisotopic (exact) mass is 478 g/mol. The Balaban J connectivity index is 1.28. The molecular formula is C38H22. The number of benzene rings is 8. The van der Waals surface area contributed by atoms with Gasteiger partial charge < -0.3 is 0 Å². The largest absolute Gasteiger partial charge is 0.0610 e. The van der Waals surface area contributed by atoms with Gasteiger partial charge in [0.25, 0.3) is 0 Å². The average Bonchev–Trinajstić information content (AvgIpc) is 3.32. The summed E-state index contributed by atoms with van der Waals surface area (Å²) in [7, 11) is 0. The third-order valence-corrected chi connectivity index (χ3v) is 8.54. The van der Waals surface area contributed by atoms with Crippen LogP contribution in [0, 0.1) is 0 Å². The van der Waals surface area contributed by atoms with Crippen LogP contribution in [0.15, 0.2) is 133 Å². The zero-order chi connectivity index (χ0) is 24.8. The van der Waals surface area contributed by atoms with Crippen molar-refractivity contribution >= 4 is 43.1 Å². The van der Waals surface area contributed by atoms with Crippen LogP contribution in [0.1, 0.15) is 0 Å². The van der Waals surface area contributed by atoms with Crippen molar-refractivity contribution in [2.24, 2.45) is 0 Å². The van der Waals surface area contributed by atoms with Crippen LogP contribution in [-0.4, -0.2) is 0 Å². The van der Waals surface area contributed by atoms with Gasteiger partial charge in [0.2, 0.25) is 0 Å². The van der Waals surface area contributed by atoms with Gasteiger partial charge >= 0.3 is 0 Å². The minimum atomic E-state index is 1.26. The Morgan fingerprint density at radius 2 is 0.816 bits per heavy atom. The highest BCUT2D eigenvalue weighted by atomic mass is 14.3. The molecule has 0 heteroatoms. The molecule has 0 N–H and O–H groups in total. The van der Waals surface area contributed by atoms with E-state index in [2.05, 4.69) is 133 Å². The van der Waals surface area contributed by atoms with Crippen LogP contribution in [0.25, 0.3) is 87.6 Å². The first-order valence-electron chi connectivity index (χ1n) is 13.3. The molecule has 1 aliphatic rings. The SMILES string of the molecule is c1cc(-c2cccc3c2-c2cccc4cccc-3c24)cc(-c2ccc3ccc4cccc5ccc2c3c45)c1. The van der Waals surface area contributed by atoms with E-state index >= 15 is 0 Å². The molecule has 0 unspecified atom stereocenters. The van der Waals surface area contributed by atoms with Crippen molar-refractivity contribution in [3.63, 3.8) is 0 Å². The van der Waals surface area contributed by atoms with Crippen LogP contribution in [0.5, 0.6) is 0 Å². The number of rotatable bonds is 2. The molecule has 0 radical (unpaired) electrons. The van der Waals surface area contributed by atoms with Crippen LogP contribution < -0.4 is 0 Å². The van der Waals surface area contributed by atoms with E-state index < -0.39 is 0 Å². The summed E-state index contributed by atoms with van der Waals surface area (Å²) in [6, 6.07) is 49.5. The van der Waals surface area contributed by atoms with Crippen LogP contribution >= 0.6 is 0 Å². The van der Waals surface area contributed by atoms with E-state index in [1.807, 2.05) is 0 Å². The molecule has 174 valence electrons. The third-order valence-electron chi connectivity index (χ3n) is 8.54. The van der Waals surface area contributed by atoms with Crippen molar-refractivity contribution in [3.05, 3.63) is 133 Å². The molecule has 0 nitrogen and oxygen atoms in total. The van der Waals surface area contributed by atoms with Crippen LogP contribution in [-0.2, 0) is 0 Å². The lowest BCUT2D eigenvalue weighted by molar-refractivity contribution is 1.60. The molecule has 0 amide bonds. The van der Waals surface area contributed by atoms with E-state index in [0.29, 0.717) is 0 Å². The molecule has 0 spiro atoms. The predicted octanol–water partition coefficient (Wildman–Crippen LogP) is 10.7. The Kier molecular flexibility index (Phi) is 3.88. The maximum Gasteiger partial charge on any atom is -0.00201 e. The lowest BCUT2D eigenvalue weighted by atomic mass is 9.88. The van der Waals surface area contributed by atoms with Gasteiger partial charge in [-0.15, -0.1) is 0 Å². The quantitative estimate of drug-likeness (QED) is 0.217. The zero-order valence-electron chi connectivity index (χ0n) is 20.7. The van der Waals surface area contributed by atoms with Gasteiger partial charge in [-0.25, -0.2) is 0 Å². The second kappa shape index (κ2) is 7.31. The first kappa shape index (κ1) is 20.2. The standard InChI is InChI=1S/C38H22/c1-6-24-16-17-26-18-20-29(33-21-19-25(7-1)35(24)37(26)33)27-10-2-11-28(22-27)30-12-5-14-32-31-13-3-8-23-9-4-15-34(36(23)31)38(30)32/h1-22H. The van der Waals surface area contributed by atoms with Gasteiger partial charge in [-0.3, -0.25) is 0 Å². The topological polar surface area (TPSA) is 0 Å². The van der Waals surface area contributed by atoms with E-state index in [4.69, 9.17) is 0 Å². The summed E-state index contributed by atoms with van der Waals surface area (Å²) in [5.41, 5.74) is 10.5. The molecule has 0 saturated heterocycles. The molecular weight excluding hydrogens is 456 g/mol. The Morgan fingerprint density at radius 1 is 0.289 bits per heavy atom. The third kappa shape index (κ3) is 2.59. The molecule has 8 aromatic carbocycles. The smallest absolute Gasteiger partial charge is 0.00201 e. The van der Waals surface area contributed by atoms with Crippen molar-refractivity contribution in [2.75, 3.05) is 0 Å². The first-order chi connectivity index (χ1) is 18.8. The molecule has 1 aliphatic carbocycles. The van der Waals surface area contributed by atoms with E-state index in [0.717, 1.165) is 0 Å². The fourth-order valence-electron chi connectivity index (χ4n) is 6.92. The normalized spacial score (nSPS) is 12.2. The van der Waals surface area contributed by atoms with Crippen LogP contribution in [0.4, 0.5) is 0 Å². The lowest BCUT2D eigenvalue weighted by Crippen LogP contribution is -1.89. The first-order valence-corrected chi connectivity index (χ1v) is 13.3. The number of fused-ring (bicyclic) bond motifs is 3. The summed E-state index contributed by atoms with van der Waals surface area (Å²) in [6.45, 7) is 0. The van der Waals surface area contributed by atoms with Crippen molar-refractivity contribution in [3.8, 4) is 44.5 Å². The molecule has 0 aliphatic heterocycles. The molecule has 0 atom stereocenters. The Bertz CT molecular complexity index is 2210. The molecule has 0 heterocycles. The lowest BCUT2D eigenvalue weighted by Gasteiger charge is -2.15. The minimum absolute atomic E-state index is 1.26. The maximum atomic E-state index is 2.38. The van der Waals surface area contributed by atoms with Crippen molar-refractivity contribution in [1.29, 1.82) is 0 Å². The summed E-state index contributed by atoms with van der Waals surface area (Å²) in [5.74, 6) is 0. The van der Waals surface area contributed by atoms with E-state index in [1.54, 1.807) is 0 Å². The second-order valence-corrected chi connectivity index (χ2v) is 10.5. The summed E-state index contributed by atoms with van der Waals surface area (Å²) in [6.07, 6.45) is 0. The van der Waals surface area contributed by atoms with Crippen molar-refractivity contribution in [1.82, 2.24) is 0 Å². The number of hydrogen-bond donors (Lipinski definition) is 0. The molecule has 0 bridgehead atoms. The number of hydrogen-bond acceptors (Lipinski definition) is 0. The predicted molar refractivity (Wildman–Crippen MR) is 163 cm³/mol. The molecule has 0 saturated carbocycles. The van der Waals surface area contributed by atoms with E-state index in [-0.39, 0.29) is 0 Å². The Morgan fingerprint density at radius 3 is 1.63 bits per heavy atom. The molecule has 0 fully saturated rings. The highest BCUT2D eigenvalue weighted by molar-refractivity contribution is 6.25. The molecule has 0 aromatic heterocycles. The summed E-state index contributed by atoms with van der Waals surface area (Å²) >= 11 is 0. The fraction of sp³-hybridized carbons (Fsp3) is 0. The zero-order valence-corrected chi connectivity index (χ0v) is 20.7.